The number of hydrogen-bond acceptors (Lipinski definition) is 16. The van der Waals surface area contributed by atoms with Crippen molar-refractivity contribution in [3.8, 4) is 0 Å². The Morgan fingerprint density at radius 1 is 0.762 bits per heavy atom. The summed E-state index contributed by atoms with van der Waals surface area (Å²) in [6.07, 6.45) is -17.6. The fraction of sp³-hybridized carbons (Fsp3) is 1.00. The minimum atomic E-state index is -2.84. The van der Waals surface area contributed by atoms with Crippen LogP contribution in [0.15, 0.2) is 0 Å². The van der Waals surface area contributed by atoms with Gasteiger partial charge in [-0.15, -0.1) is 0 Å². The third kappa shape index (κ3) is 6.74. The maximum absolute atomic E-state index is 13.4. The Balaban J connectivity index is 1.53. The lowest BCUT2D eigenvalue weighted by Gasteiger charge is -2.50. The van der Waals surface area contributed by atoms with E-state index in [4.69, 9.17) is 58.1 Å². The Bertz CT molecular complexity index is 875. The SMILES string of the molecule is NC[C@@H]1O[C@H](O[C@H]2[C@@H](O)[C@H](O[C@@H]3[C@@H](O)[C@H](N)C[C@H](N)[C@H]3C3O[C@H]([C@@H](N)C(F)F)CC[C@H]3N)O[C@@H]2CO)[C@H](N)[C@@H](O)[C@@H]1O. The predicted molar refractivity (Wildman–Crippen MR) is 139 cm³/mol. The van der Waals surface area contributed by atoms with Gasteiger partial charge in [0.05, 0.1) is 43.1 Å². The lowest BCUT2D eigenvalue weighted by Crippen LogP contribution is -2.67. The average molecular weight is 617 g/mol. The van der Waals surface area contributed by atoms with Crippen LogP contribution in [-0.4, -0.2) is 149 Å². The van der Waals surface area contributed by atoms with Crippen LogP contribution in [-0.2, 0) is 23.7 Å². The molecule has 1 aliphatic carbocycles. The van der Waals surface area contributed by atoms with E-state index in [0.717, 1.165) is 0 Å². The van der Waals surface area contributed by atoms with Gasteiger partial charge in [-0.3, -0.25) is 0 Å². The molecule has 4 rings (SSSR count). The van der Waals surface area contributed by atoms with Gasteiger partial charge in [-0.25, -0.2) is 8.78 Å². The molecule has 1 saturated carbocycles. The Morgan fingerprint density at radius 3 is 2.02 bits per heavy atom. The lowest BCUT2D eigenvalue weighted by atomic mass is 9.72. The van der Waals surface area contributed by atoms with Crippen molar-refractivity contribution in [2.24, 2.45) is 40.3 Å². The van der Waals surface area contributed by atoms with Gasteiger partial charge >= 0.3 is 0 Å². The largest absolute Gasteiger partial charge is 0.394 e. The second-order valence-electron chi connectivity index (χ2n) is 11.7. The molecule has 0 spiro atoms. The molecule has 4 fully saturated rings. The maximum atomic E-state index is 13.4. The molecule has 16 nitrogen and oxygen atoms in total. The molecule has 4 aliphatic rings. The van der Waals surface area contributed by atoms with Gasteiger partial charge in [0.15, 0.2) is 12.6 Å². The van der Waals surface area contributed by atoms with Crippen LogP contribution in [0.3, 0.4) is 0 Å². The summed E-state index contributed by atoms with van der Waals surface area (Å²) < 4.78 is 55.9. The number of hydrogen-bond donors (Lipinski definition) is 11. The van der Waals surface area contributed by atoms with Crippen molar-refractivity contribution in [2.75, 3.05) is 13.2 Å². The molecular weight excluding hydrogens is 570 g/mol. The molecule has 3 heterocycles. The summed E-state index contributed by atoms with van der Waals surface area (Å²) in [6.45, 7) is -0.811. The number of ether oxygens (including phenoxy) is 5. The van der Waals surface area contributed by atoms with Crippen LogP contribution in [0.25, 0.3) is 0 Å². The first-order valence-electron chi connectivity index (χ1n) is 14.2. The molecule has 0 bridgehead atoms. The summed E-state index contributed by atoms with van der Waals surface area (Å²) in [5, 5.41) is 52.6. The third-order valence-electron chi connectivity index (χ3n) is 8.87. The molecule has 3 aliphatic heterocycles. The molecule has 1 unspecified atom stereocenters. The van der Waals surface area contributed by atoms with Crippen molar-refractivity contribution in [3.63, 3.8) is 0 Å². The number of nitrogens with two attached hydrogens (primary N) is 6. The zero-order valence-electron chi connectivity index (χ0n) is 23.0. The first-order chi connectivity index (χ1) is 19.8. The van der Waals surface area contributed by atoms with Crippen molar-refractivity contribution < 1.29 is 58.0 Å². The van der Waals surface area contributed by atoms with Gasteiger partial charge in [-0.05, 0) is 19.3 Å². The fourth-order valence-electron chi connectivity index (χ4n) is 6.35. The lowest BCUT2D eigenvalue weighted by molar-refractivity contribution is -0.280. The van der Waals surface area contributed by atoms with E-state index >= 15 is 0 Å². The molecule has 0 aromatic carbocycles. The number of aliphatic hydroxyl groups is 5. The Hall–Kier alpha value is -0.780. The molecule has 246 valence electrons. The van der Waals surface area contributed by atoms with Crippen molar-refractivity contribution >= 4 is 0 Å². The monoisotopic (exact) mass is 616 g/mol. The number of rotatable bonds is 9. The zero-order valence-corrected chi connectivity index (χ0v) is 23.0. The van der Waals surface area contributed by atoms with E-state index in [-0.39, 0.29) is 19.4 Å². The fourth-order valence-corrected chi connectivity index (χ4v) is 6.35. The van der Waals surface area contributed by atoms with Crippen LogP contribution < -0.4 is 34.4 Å². The summed E-state index contributed by atoms with van der Waals surface area (Å²) in [4.78, 5) is 0. The Morgan fingerprint density at radius 2 is 1.40 bits per heavy atom. The zero-order chi connectivity index (χ0) is 31.0. The molecule has 0 amide bonds. The number of aliphatic hydroxyl groups excluding tert-OH is 5. The topological polar surface area (TPSA) is 303 Å². The van der Waals surface area contributed by atoms with E-state index in [0.29, 0.717) is 6.42 Å². The Labute approximate surface area is 241 Å². The minimum Gasteiger partial charge on any atom is -0.394 e. The summed E-state index contributed by atoms with van der Waals surface area (Å²) in [5.41, 5.74) is 36.1. The second-order valence-corrected chi connectivity index (χ2v) is 11.7. The highest BCUT2D eigenvalue weighted by Gasteiger charge is 2.55. The van der Waals surface area contributed by atoms with Crippen LogP contribution in [0.2, 0.25) is 0 Å². The Kier molecular flexibility index (Phi) is 11.5. The standard InChI is InChI=1S/C24H46F2N6O10/c25-22(26)13(31)9-2-1-6(28)19(38-9)12-7(29)3-8(30)15(34)21(12)42-24-18(37)20(11(5-33)40-24)41-23-14(32)17(36)16(35)10(4-27)39-23/h6-24,33-37H,1-5,27-32H2/t6-,7+,8-,9+,10+,11-,12+,13-,14-,15+,16-,17-,18-,19?,20-,21+,23-,24+/m1/s1. The highest BCUT2D eigenvalue weighted by Crippen LogP contribution is 2.38. The molecule has 0 aromatic rings. The van der Waals surface area contributed by atoms with Crippen LogP contribution in [0.4, 0.5) is 8.78 Å². The van der Waals surface area contributed by atoms with Gasteiger partial charge in [0.2, 0.25) is 0 Å². The predicted octanol–water partition coefficient (Wildman–Crippen LogP) is -5.93. The van der Waals surface area contributed by atoms with E-state index < -0.39 is 123 Å². The van der Waals surface area contributed by atoms with Gasteiger partial charge in [0, 0.05) is 30.6 Å². The van der Waals surface area contributed by atoms with Gasteiger partial charge in [-0.2, -0.15) is 0 Å². The van der Waals surface area contributed by atoms with Crippen molar-refractivity contribution in [1.82, 2.24) is 0 Å². The second kappa shape index (κ2) is 14.1. The molecular formula is C24H46F2N6O10. The highest BCUT2D eigenvalue weighted by molar-refractivity contribution is 5.05. The summed E-state index contributed by atoms with van der Waals surface area (Å²) in [5.74, 6) is -0.872. The molecule has 42 heavy (non-hydrogen) atoms. The van der Waals surface area contributed by atoms with Gasteiger partial charge in [0.1, 0.15) is 36.6 Å². The van der Waals surface area contributed by atoms with Gasteiger partial charge in [0.25, 0.3) is 6.43 Å². The average Bonchev–Trinajstić information content (AvgIpc) is 3.25. The molecule has 17 N–H and O–H groups in total. The van der Waals surface area contributed by atoms with Crippen molar-refractivity contribution in [3.05, 3.63) is 0 Å². The number of alkyl halides is 2. The summed E-state index contributed by atoms with van der Waals surface area (Å²) in [6, 6.07) is -5.07. The minimum absolute atomic E-state index is 0.135. The van der Waals surface area contributed by atoms with E-state index in [1.54, 1.807) is 0 Å². The van der Waals surface area contributed by atoms with Gasteiger partial charge < -0.3 is 83.6 Å². The quantitative estimate of drug-likeness (QED) is 0.115. The summed E-state index contributed by atoms with van der Waals surface area (Å²) >= 11 is 0. The van der Waals surface area contributed by atoms with E-state index in [9.17, 15) is 34.3 Å². The van der Waals surface area contributed by atoms with E-state index in [2.05, 4.69) is 0 Å². The van der Waals surface area contributed by atoms with Crippen LogP contribution >= 0.6 is 0 Å². The van der Waals surface area contributed by atoms with Crippen molar-refractivity contribution in [2.45, 2.75) is 130 Å². The van der Waals surface area contributed by atoms with E-state index in [1.807, 2.05) is 0 Å². The smallest absolute Gasteiger partial charge is 0.256 e. The number of halogens is 2. The molecule has 0 radical (unpaired) electrons. The third-order valence-corrected chi connectivity index (χ3v) is 8.87. The highest BCUT2D eigenvalue weighted by atomic mass is 19.3. The van der Waals surface area contributed by atoms with E-state index in [1.165, 1.54) is 0 Å². The molecule has 18 atom stereocenters. The first-order valence-corrected chi connectivity index (χ1v) is 14.2. The maximum Gasteiger partial charge on any atom is 0.256 e. The summed E-state index contributed by atoms with van der Waals surface area (Å²) in [7, 11) is 0. The van der Waals surface area contributed by atoms with Crippen LogP contribution in [0, 0.1) is 5.92 Å². The molecule has 0 aromatic heterocycles. The molecule has 3 saturated heterocycles. The van der Waals surface area contributed by atoms with Gasteiger partial charge in [-0.1, -0.05) is 0 Å². The first kappa shape index (κ1) is 34.1. The van der Waals surface area contributed by atoms with Crippen molar-refractivity contribution in [1.29, 1.82) is 0 Å². The normalized spacial score (nSPS) is 51.1. The molecule has 18 heteroatoms. The van der Waals surface area contributed by atoms with Crippen LogP contribution in [0.1, 0.15) is 19.3 Å². The van der Waals surface area contributed by atoms with Crippen LogP contribution in [0.5, 0.6) is 0 Å².